The lowest BCUT2D eigenvalue weighted by atomic mass is 9.86. The second-order valence-corrected chi connectivity index (χ2v) is 7.38. The molecule has 0 saturated carbocycles. The maximum absolute atomic E-state index is 13.4. The van der Waals surface area contributed by atoms with Crippen LogP contribution in [0.5, 0.6) is 17.2 Å². The number of methoxy groups -OCH3 is 3. The molecule has 0 saturated heterocycles. The summed E-state index contributed by atoms with van der Waals surface area (Å²) in [5.74, 6) is 0.604. The number of carboxylic acid groups (broad SMARTS) is 1. The fourth-order valence-corrected chi connectivity index (χ4v) is 4.07. The van der Waals surface area contributed by atoms with E-state index < -0.39 is 12.0 Å². The molecule has 164 valence electrons. The van der Waals surface area contributed by atoms with Crippen LogP contribution in [0.2, 0.25) is 0 Å². The van der Waals surface area contributed by atoms with Crippen LogP contribution >= 0.6 is 0 Å². The minimum atomic E-state index is -1.05. The number of fused-ring (bicyclic) bond motifs is 1. The topological polar surface area (TPSA) is 85.3 Å². The van der Waals surface area contributed by atoms with E-state index in [-0.39, 0.29) is 17.9 Å². The molecule has 0 bridgehead atoms. The van der Waals surface area contributed by atoms with Gasteiger partial charge < -0.3 is 24.2 Å². The van der Waals surface area contributed by atoms with Gasteiger partial charge in [0.2, 0.25) is 5.91 Å². The molecule has 1 N–H and O–H groups in total. The summed E-state index contributed by atoms with van der Waals surface area (Å²) in [6, 6.07) is 17.1. The zero-order valence-electron chi connectivity index (χ0n) is 18.0. The summed E-state index contributed by atoms with van der Waals surface area (Å²) in [6.45, 7) is 0. The van der Waals surface area contributed by atoms with Crippen LogP contribution in [0, 0.1) is 0 Å². The Bertz CT molecular complexity index is 1170. The molecule has 1 unspecified atom stereocenters. The zero-order chi connectivity index (χ0) is 22.8. The van der Waals surface area contributed by atoms with Crippen LogP contribution < -0.4 is 19.1 Å². The number of ether oxygens (including phenoxy) is 3. The van der Waals surface area contributed by atoms with Gasteiger partial charge in [0.05, 0.1) is 39.4 Å². The summed E-state index contributed by atoms with van der Waals surface area (Å²) in [6.07, 6.45) is 0.152. The first-order chi connectivity index (χ1) is 15.5. The number of carbonyl (C=O) groups is 2. The van der Waals surface area contributed by atoms with Gasteiger partial charge in [0.1, 0.15) is 5.75 Å². The second-order valence-electron chi connectivity index (χ2n) is 7.38. The smallest absolute Gasteiger partial charge is 0.335 e. The first-order valence-corrected chi connectivity index (χ1v) is 10.0. The van der Waals surface area contributed by atoms with Gasteiger partial charge >= 0.3 is 5.97 Å². The quantitative estimate of drug-likeness (QED) is 0.630. The average molecular weight is 433 g/mol. The molecular weight excluding hydrogens is 410 g/mol. The van der Waals surface area contributed by atoms with Crippen molar-refractivity contribution in [2.24, 2.45) is 0 Å². The molecule has 1 atom stereocenters. The summed E-state index contributed by atoms with van der Waals surface area (Å²) in [5, 5.41) is 9.45. The van der Waals surface area contributed by atoms with Crippen molar-refractivity contribution < 1.29 is 28.9 Å². The Morgan fingerprint density at radius 1 is 0.938 bits per heavy atom. The number of benzene rings is 3. The highest BCUT2D eigenvalue weighted by Gasteiger charge is 2.36. The monoisotopic (exact) mass is 433 g/mol. The first kappa shape index (κ1) is 21.2. The third-order valence-electron chi connectivity index (χ3n) is 5.61. The average Bonchev–Trinajstić information content (AvgIpc) is 2.82. The Hall–Kier alpha value is -4.00. The molecule has 1 amide bonds. The van der Waals surface area contributed by atoms with Gasteiger partial charge in [-0.1, -0.05) is 18.2 Å². The van der Waals surface area contributed by atoms with Crippen molar-refractivity contribution in [3.63, 3.8) is 0 Å². The lowest BCUT2D eigenvalue weighted by Crippen LogP contribution is -2.41. The number of aromatic carboxylic acids is 1. The molecule has 3 aromatic carbocycles. The van der Waals surface area contributed by atoms with Crippen LogP contribution in [0.1, 0.15) is 33.1 Å². The van der Waals surface area contributed by atoms with Gasteiger partial charge in [0.15, 0.2) is 11.5 Å². The summed E-state index contributed by atoms with van der Waals surface area (Å²) < 4.78 is 16.2. The van der Waals surface area contributed by atoms with Gasteiger partial charge in [-0.15, -0.1) is 0 Å². The molecule has 0 radical (unpaired) electrons. The minimum absolute atomic E-state index is 0.113. The Balaban J connectivity index is 1.93. The summed E-state index contributed by atoms with van der Waals surface area (Å²) in [7, 11) is 4.71. The van der Waals surface area contributed by atoms with Crippen molar-refractivity contribution in [2.75, 3.05) is 26.2 Å². The van der Waals surface area contributed by atoms with Crippen molar-refractivity contribution in [1.29, 1.82) is 0 Å². The second kappa shape index (κ2) is 8.63. The number of rotatable bonds is 6. The lowest BCUT2D eigenvalue weighted by Gasteiger charge is -2.38. The normalized spacial score (nSPS) is 15.2. The fraction of sp³-hybridized carbons (Fsp3) is 0.200. The van der Waals surface area contributed by atoms with Crippen molar-refractivity contribution in [3.05, 3.63) is 82.9 Å². The van der Waals surface area contributed by atoms with E-state index >= 15 is 0 Å². The van der Waals surface area contributed by atoms with E-state index in [0.29, 0.717) is 22.9 Å². The molecule has 0 aromatic heterocycles. The molecular formula is C25H23NO6. The van der Waals surface area contributed by atoms with Crippen LogP contribution in [-0.2, 0) is 11.2 Å². The van der Waals surface area contributed by atoms with Crippen molar-refractivity contribution in [1.82, 2.24) is 0 Å². The summed E-state index contributed by atoms with van der Waals surface area (Å²) in [4.78, 5) is 26.6. The Morgan fingerprint density at radius 3 is 2.25 bits per heavy atom. The predicted octanol–water partition coefficient (Wildman–Crippen LogP) is 4.09. The Kier molecular flexibility index (Phi) is 5.73. The number of carbonyl (C=O) groups excluding carboxylic acids is 1. The number of nitrogens with zero attached hydrogens (tertiary/aromatic N) is 1. The van der Waals surface area contributed by atoms with Gasteiger partial charge in [-0.3, -0.25) is 4.79 Å². The standard InChI is InChI=1S/C25H23NO6/c1-30-19-9-7-15(8-10-19)24-20-14-22(32-3)21(31-2)12-17(20)13-23(27)26(24)18-6-4-5-16(11-18)25(28)29/h4-12,14,24H,13H2,1-3H3,(H,28,29). The minimum Gasteiger partial charge on any atom is -0.497 e. The third-order valence-corrected chi connectivity index (χ3v) is 5.61. The largest absolute Gasteiger partial charge is 0.497 e. The first-order valence-electron chi connectivity index (χ1n) is 10.0. The van der Waals surface area contributed by atoms with Crippen LogP contribution in [-0.4, -0.2) is 38.3 Å². The molecule has 0 aliphatic carbocycles. The molecule has 4 rings (SSSR count). The van der Waals surface area contributed by atoms with Gasteiger partial charge in [-0.2, -0.15) is 0 Å². The van der Waals surface area contributed by atoms with Gasteiger partial charge in [0.25, 0.3) is 0 Å². The molecule has 32 heavy (non-hydrogen) atoms. The maximum atomic E-state index is 13.4. The highest BCUT2D eigenvalue weighted by molar-refractivity contribution is 5.99. The third kappa shape index (κ3) is 3.73. The molecule has 0 spiro atoms. The van der Waals surface area contributed by atoms with Gasteiger partial charge in [-0.05, 0) is 59.2 Å². The van der Waals surface area contributed by atoms with Crippen molar-refractivity contribution in [3.8, 4) is 17.2 Å². The van der Waals surface area contributed by atoms with Gasteiger partial charge in [0, 0.05) is 5.69 Å². The van der Waals surface area contributed by atoms with Crippen molar-refractivity contribution >= 4 is 17.6 Å². The molecule has 3 aromatic rings. The van der Waals surface area contributed by atoms with E-state index in [0.717, 1.165) is 16.7 Å². The molecule has 7 heteroatoms. The molecule has 1 aliphatic rings. The van der Waals surface area contributed by atoms with Crippen LogP contribution in [0.3, 0.4) is 0 Å². The van der Waals surface area contributed by atoms with E-state index in [1.807, 2.05) is 36.4 Å². The number of hydrogen-bond acceptors (Lipinski definition) is 5. The Morgan fingerprint density at radius 2 is 1.62 bits per heavy atom. The summed E-state index contributed by atoms with van der Waals surface area (Å²) in [5.41, 5.74) is 3.19. The Labute approximate surface area is 185 Å². The van der Waals surface area contributed by atoms with Crippen molar-refractivity contribution in [2.45, 2.75) is 12.5 Å². The van der Waals surface area contributed by atoms with Crippen LogP contribution in [0.4, 0.5) is 5.69 Å². The maximum Gasteiger partial charge on any atom is 0.335 e. The molecule has 0 fully saturated rings. The summed E-state index contributed by atoms with van der Waals surface area (Å²) >= 11 is 0. The van der Waals surface area contributed by atoms with Crippen LogP contribution in [0.25, 0.3) is 0 Å². The number of hydrogen-bond donors (Lipinski definition) is 1. The molecule has 1 aliphatic heterocycles. The fourth-order valence-electron chi connectivity index (χ4n) is 4.07. The van der Waals surface area contributed by atoms with E-state index in [9.17, 15) is 14.7 Å². The number of carboxylic acids is 1. The van der Waals surface area contributed by atoms with Crippen LogP contribution in [0.15, 0.2) is 60.7 Å². The zero-order valence-corrected chi connectivity index (χ0v) is 18.0. The predicted molar refractivity (Wildman–Crippen MR) is 119 cm³/mol. The molecule has 7 nitrogen and oxygen atoms in total. The molecule has 1 heterocycles. The SMILES string of the molecule is COc1ccc(C2c3cc(OC)c(OC)cc3CC(=O)N2c2cccc(C(=O)O)c2)cc1. The van der Waals surface area contributed by atoms with E-state index in [4.69, 9.17) is 14.2 Å². The van der Waals surface area contributed by atoms with Gasteiger partial charge in [-0.25, -0.2) is 4.79 Å². The van der Waals surface area contributed by atoms with E-state index in [1.165, 1.54) is 12.1 Å². The highest BCUT2D eigenvalue weighted by atomic mass is 16.5. The van der Waals surface area contributed by atoms with E-state index in [1.54, 1.807) is 38.4 Å². The van der Waals surface area contributed by atoms with E-state index in [2.05, 4.69) is 0 Å². The highest BCUT2D eigenvalue weighted by Crippen LogP contribution is 2.43. The lowest BCUT2D eigenvalue weighted by molar-refractivity contribution is -0.118. The number of anilines is 1. The number of amides is 1.